The maximum absolute atomic E-state index is 14.5. The highest BCUT2D eigenvalue weighted by atomic mass is 16.7. The SMILES string of the molecule is C[C@@H]1CC[C@]2(C(=O)OC3OC(CO)C(O)C(O)C3O)CC[C@]3(C)C(=CCC4[C@@]5(C)C[C@@H](O)[C@H](O)[C@@](C)(CO)C5CC[C@]43C)C2[C@]1(C)O. The molecule has 8 N–H and O–H groups in total. The van der Waals surface area contributed by atoms with Crippen molar-refractivity contribution in [1.82, 2.24) is 0 Å². The van der Waals surface area contributed by atoms with Gasteiger partial charge in [0.2, 0.25) is 6.29 Å². The van der Waals surface area contributed by atoms with Crippen LogP contribution in [0, 0.1) is 50.7 Å². The van der Waals surface area contributed by atoms with Crippen molar-refractivity contribution >= 4 is 5.97 Å². The molecule has 6 aliphatic rings. The summed E-state index contributed by atoms with van der Waals surface area (Å²) in [5.74, 6) is -1.23. The molecule has 0 spiro atoms. The molecule has 4 saturated carbocycles. The Kier molecular flexibility index (Phi) is 8.68. The van der Waals surface area contributed by atoms with E-state index in [0.717, 1.165) is 18.4 Å². The minimum absolute atomic E-state index is 0.00373. The predicted octanol–water partition coefficient (Wildman–Crippen LogP) is 1.41. The Bertz CT molecular complexity index is 1270. The monoisotopic (exact) mass is 666 g/mol. The average Bonchev–Trinajstić information content (AvgIpc) is 3.02. The molecule has 17 atom stereocenters. The van der Waals surface area contributed by atoms with Crippen LogP contribution in [0.2, 0.25) is 0 Å². The van der Waals surface area contributed by atoms with Crippen LogP contribution in [0.3, 0.4) is 0 Å². The zero-order chi connectivity index (χ0) is 34.7. The molecular weight excluding hydrogens is 608 g/mol. The molecule has 5 aliphatic carbocycles. The number of fused-ring (bicyclic) bond motifs is 7. The summed E-state index contributed by atoms with van der Waals surface area (Å²) in [4.78, 5) is 14.5. The summed E-state index contributed by atoms with van der Waals surface area (Å²) in [6.07, 6.45) is -2.75. The second kappa shape index (κ2) is 11.4. The summed E-state index contributed by atoms with van der Waals surface area (Å²) >= 11 is 0. The van der Waals surface area contributed by atoms with E-state index in [4.69, 9.17) is 9.47 Å². The third kappa shape index (κ3) is 4.60. The summed E-state index contributed by atoms with van der Waals surface area (Å²) in [5, 5.41) is 86.2. The number of allylic oxidation sites excluding steroid dienone is 1. The quantitative estimate of drug-likeness (QED) is 0.160. The van der Waals surface area contributed by atoms with E-state index in [0.29, 0.717) is 38.5 Å². The summed E-state index contributed by atoms with van der Waals surface area (Å²) in [7, 11) is 0. The average molecular weight is 667 g/mol. The Hall–Kier alpha value is -1.15. The van der Waals surface area contributed by atoms with Crippen LogP contribution in [-0.2, 0) is 14.3 Å². The van der Waals surface area contributed by atoms with Crippen molar-refractivity contribution in [1.29, 1.82) is 0 Å². The molecule has 0 aromatic carbocycles. The highest BCUT2D eigenvalue weighted by molar-refractivity contribution is 5.79. The van der Waals surface area contributed by atoms with Crippen molar-refractivity contribution in [3.8, 4) is 0 Å². The van der Waals surface area contributed by atoms with Crippen molar-refractivity contribution in [2.24, 2.45) is 50.7 Å². The van der Waals surface area contributed by atoms with Gasteiger partial charge in [-0.25, -0.2) is 0 Å². The fraction of sp³-hybridized carbons (Fsp3) is 0.917. The lowest BCUT2D eigenvalue weighted by atomic mass is 9.33. The molecule has 8 unspecified atom stereocenters. The van der Waals surface area contributed by atoms with Crippen molar-refractivity contribution in [2.45, 2.75) is 141 Å². The van der Waals surface area contributed by atoms with Crippen LogP contribution in [0.25, 0.3) is 0 Å². The van der Waals surface area contributed by atoms with E-state index in [-0.39, 0.29) is 35.2 Å². The van der Waals surface area contributed by atoms with Gasteiger partial charge in [0, 0.05) is 11.3 Å². The van der Waals surface area contributed by atoms with Crippen LogP contribution < -0.4 is 0 Å². The molecule has 0 aromatic heterocycles. The molecule has 0 aromatic rings. The Morgan fingerprint density at radius 2 is 1.60 bits per heavy atom. The maximum Gasteiger partial charge on any atom is 0.315 e. The molecule has 0 bridgehead atoms. The number of esters is 1. The first-order valence-electron chi connectivity index (χ1n) is 17.7. The highest BCUT2D eigenvalue weighted by Crippen LogP contribution is 2.76. The zero-order valence-electron chi connectivity index (χ0n) is 28.8. The molecule has 47 heavy (non-hydrogen) atoms. The van der Waals surface area contributed by atoms with Gasteiger partial charge in [-0.05, 0) is 92.3 Å². The van der Waals surface area contributed by atoms with Gasteiger partial charge in [-0.1, -0.05) is 46.3 Å². The van der Waals surface area contributed by atoms with E-state index in [2.05, 4.69) is 26.8 Å². The largest absolute Gasteiger partial charge is 0.432 e. The minimum atomic E-state index is -1.72. The molecule has 0 amide bonds. The van der Waals surface area contributed by atoms with E-state index in [1.54, 1.807) is 0 Å². The molecule has 0 radical (unpaired) electrons. The third-order valence-electron chi connectivity index (χ3n) is 15.6. The van der Waals surface area contributed by atoms with Crippen LogP contribution >= 0.6 is 0 Å². The molecule has 6 rings (SSSR count). The molecule has 1 saturated heterocycles. The number of hydrogen-bond donors (Lipinski definition) is 8. The Balaban J connectivity index is 1.40. The van der Waals surface area contributed by atoms with Gasteiger partial charge in [-0.3, -0.25) is 4.79 Å². The van der Waals surface area contributed by atoms with Crippen LogP contribution in [0.15, 0.2) is 11.6 Å². The second-order valence-electron chi connectivity index (χ2n) is 17.5. The smallest absolute Gasteiger partial charge is 0.315 e. The summed E-state index contributed by atoms with van der Waals surface area (Å²) in [5.41, 5.74) is -3.27. The number of hydrogen-bond acceptors (Lipinski definition) is 11. The van der Waals surface area contributed by atoms with Gasteiger partial charge in [0.15, 0.2) is 0 Å². The predicted molar refractivity (Wildman–Crippen MR) is 169 cm³/mol. The molecule has 11 nitrogen and oxygen atoms in total. The minimum Gasteiger partial charge on any atom is -0.432 e. The Morgan fingerprint density at radius 3 is 2.23 bits per heavy atom. The van der Waals surface area contributed by atoms with E-state index < -0.39 is 83.3 Å². The number of aliphatic hydroxyl groups is 8. The molecule has 1 heterocycles. The van der Waals surface area contributed by atoms with Gasteiger partial charge in [0.05, 0.1) is 36.4 Å². The first kappa shape index (κ1) is 35.7. The number of carbonyl (C=O) groups is 1. The number of aliphatic hydroxyl groups excluding tert-OH is 7. The lowest BCUT2D eigenvalue weighted by molar-refractivity contribution is -0.299. The third-order valence-corrected chi connectivity index (χ3v) is 15.6. The fourth-order valence-electron chi connectivity index (χ4n) is 12.4. The van der Waals surface area contributed by atoms with Crippen LogP contribution in [0.5, 0.6) is 0 Å². The number of carbonyl (C=O) groups excluding carboxylic acids is 1. The Morgan fingerprint density at radius 1 is 0.915 bits per heavy atom. The summed E-state index contributed by atoms with van der Waals surface area (Å²) in [6.45, 7) is 11.6. The van der Waals surface area contributed by atoms with Gasteiger partial charge >= 0.3 is 5.97 Å². The van der Waals surface area contributed by atoms with Gasteiger partial charge in [0.1, 0.15) is 24.4 Å². The lowest BCUT2D eigenvalue weighted by Crippen LogP contribution is -2.69. The van der Waals surface area contributed by atoms with E-state index in [1.807, 2.05) is 20.8 Å². The van der Waals surface area contributed by atoms with E-state index in [1.165, 1.54) is 0 Å². The van der Waals surface area contributed by atoms with Crippen LogP contribution in [0.4, 0.5) is 0 Å². The molecule has 268 valence electrons. The standard InChI is InChI=1S/C36H58O11/c1-18-9-12-36(30(44)47-29-26(42)25(41)24(40)21(16-37)46-29)14-13-33(4)19(27(36)35(18,6)45)7-8-23-31(2)15-20(39)28(43)32(3,17-38)22(31)10-11-34(23,33)5/h7,18,20-29,37-43,45H,8-17H2,1-6H3/t18-,20-,21?,22?,23?,24?,25?,26?,27?,28+,29?,31+,32+,33-,34-,35-,36+/m1/s1. The Labute approximate surface area is 278 Å². The van der Waals surface area contributed by atoms with Crippen LogP contribution in [0.1, 0.15) is 92.9 Å². The normalized spacial score (nSPS) is 57.5. The first-order valence-corrected chi connectivity index (χ1v) is 17.7. The topological polar surface area (TPSA) is 197 Å². The van der Waals surface area contributed by atoms with Crippen molar-refractivity contribution < 1.29 is 55.1 Å². The second-order valence-corrected chi connectivity index (χ2v) is 17.5. The van der Waals surface area contributed by atoms with Gasteiger partial charge in [0.25, 0.3) is 0 Å². The van der Waals surface area contributed by atoms with Crippen LogP contribution in [-0.4, -0.2) is 109 Å². The summed E-state index contributed by atoms with van der Waals surface area (Å²) < 4.78 is 11.4. The molecule has 11 heteroatoms. The highest BCUT2D eigenvalue weighted by Gasteiger charge is 2.72. The first-order chi connectivity index (χ1) is 21.8. The van der Waals surface area contributed by atoms with E-state index in [9.17, 15) is 45.6 Å². The van der Waals surface area contributed by atoms with Crippen molar-refractivity contribution in [2.75, 3.05) is 13.2 Å². The van der Waals surface area contributed by atoms with Crippen molar-refractivity contribution in [3.63, 3.8) is 0 Å². The molecule has 1 aliphatic heterocycles. The van der Waals surface area contributed by atoms with Gasteiger partial charge in [-0.15, -0.1) is 0 Å². The zero-order valence-corrected chi connectivity index (χ0v) is 28.8. The van der Waals surface area contributed by atoms with Gasteiger partial charge in [-0.2, -0.15) is 0 Å². The van der Waals surface area contributed by atoms with E-state index >= 15 is 0 Å². The maximum atomic E-state index is 14.5. The van der Waals surface area contributed by atoms with Gasteiger partial charge < -0.3 is 50.3 Å². The number of rotatable bonds is 4. The summed E-state index contributed by atoms with van der Waals surface area (Å²) in [6, 6.07) is 0. The fourth-order valence-corrected chi connectivity index (χ4v) is 12.4. The van der Waals surface area contributed by atoms with Crippen molar-refractivity contribution in [3.05, 3.63) is 11.6 Å². The lowest BCUT2D eigenvalue weighted by Gasteiger charge is -2.72. The molecular formula is C36H58O11. The molecule has 5 fully saturated rings. The number of ether oxygens (including phenoxy) is 2.